The lowest BCUT2D eigenvalue weighted by Gasteiger charge is -2.62. The van der Waals surface area contributed by atoms with Crippen LogP contribution in [0.5, 0.6) is 0 Å². The van der Waals surface area contributed by atoms with E-state index in [1.165, 1.54) is 23.6 Å². The highest BCUT2D eigenvalue weighted by atomic mass is 16.6. The minimum absolute atomic E-state index is 0.0310. The van der Waals surface area contributed by atoms with E-state index >= 15 is 0 Å². The Kier molecular flexibility index (Phi) is 8.79. The normalized spacial score (nSPS) is 38.4. The first-order valence-corrected chi connectivity index (χ1v) is 15.6. The number of hydrogen-bond donors (Lipinski definition) is 3. The van der Waals surface area contributed by atoms with E-state index in [2.05, 4.69) is 47.3 Å². The second kappa shape index (κ2) is 11.3. The van der Waals surface area contributed by atoms with Crippen molar-refractivity contribution < 1.29 is 29.3 Å². The van der Waals surface area contributed by atoms with Gasteiger partial charge in [-0.25, -0.2) is 0 Å². The van der Waals surface area contributed by atoms with Crippen molar-refractivity contribution >= 4 is 11.9 Å². The molecule has 0 radical (unpaired) electrons. The lowest BCUT2D eigenvalue weighted by molar-refractivity contribution is -0.196. The van der Waals surface area contributed by atoms with Crippen LogP contribution in [0.25, 0.3) is 0 Å². The van der Waals surface area contributed by atoms with Crippen molar-refractivity contribution in [2.45, 2.75) is 118 Å². The summed E-state index contributed by atoms with van der Waals surface area (Å²) in [6, 6.07) is 0. The van der Waals surface area contributed by atoms with Gasteiger partial charge in [0.15, 0.2) is 0 Å². The molecule has 4 aliphatic carbocycles. The van der Waals surface area contributed by atoms with E-state index < -0.39 is 52.6 Å². The third kappa shape index (κ3) is 5.14. The summed E-state index contributed by atoms with van der Waals surface area (Å²) < 4.78 is 11.8. The lowest BCUT2D eigenvalue weighted by atomic mass is 9.45. The highest BCUT2D eigenvalue weighted by molar-refractivity contribution is 5.71. The molecule has 0 aromatic carbocycles. The van der Waals surface area contributed by atoms with Gasteiger partial charge in [-0.05, 0) is 84.3 Å². The number of aliphatic hydroxyl groups is 2. The van der Waals surface area contributed by atoms with Crippen molar-refractivity contribution in [3.63, 3.8) is 0 Å². The van der Waals surface area contributed by atoms with E-state index in [0.29, 0.717) is 18.3 Å². The summed E-state index contributed by atoms with van der Waals surface area (Å²) in [6.07, 6.45) is 3.80. The summed E-state index contributed by atoms with van der Waals surface area (Å²) >= 11 is 0. The molecule has 4 N–H and O–H groups in total. The molecule has 7 nitrogen and oxygen atoms in total. The standard InChI is InChI=1S/C34H53NO6/c1-18(2)19(3)10-11-20(4)23-13-14-24-22-12-15-26-32(6,7)30(41-27(38)17-35)25(37)16-33(26,8)28(22)29(39)31(34(23,24)9)40-21(5)36/h14,18,20,23,25-26,29-31,37,39H,3,10-13,15-17,35H2,1-2,4-9H3/t20-,23-,25-,26+,29-,30+,31+,33?,34?/m1/s1. The zero-order valence-corrected chi connectivity index (χ0v) is 26.5. The molecule has 0 heterocycles. The smallest absolute Gasteiger partial charge is 0.320 e. The average molecular weight is 572 g/mol. The Balaban J connectivity index is 1.76. The molecule has 41 heavy (non-hydrogen) atoms. The predicted octanol–water partition coefficient (Wildman–Crippen LogP) is 5.25. The van der Waals surface area contributed by atoms with Crippen LogP contribution in [-0.2, 0) is 19.1 Å². The van der Waals surface area contributed by atoms with Gasteiger partial charge in [-0.1, -0.05) is 66.7 Å². The maximum Gasteiger partial charge on any atom is 0.320 e. The third-order valence-corrected chi connectivity index (χ3v) is 11.6. The van der Waals surface area contributed by atoms with E-state index in [0.717, 1.165) is 37.7 Å². The van der Waals surface area contributed by atoms with Gasteiger partial charge in [0.2, 0.25) is 0 Å². The molecule has 9 atom stereocenters. The maximum absolute atomic E-state index is 12.5. The first-order valence-electron chi connectivity index (χ1n) is 15.6. The van der Waals surface area contributed by atoms with Crippen LogP contribution in [0.15, 0.2) is 34.9 Å². The molecule has 230 valence electrons. The van der Waals surface area contributed by atoms with Gasteiger partial charge < -0.3 is 25.4 Å². The molecular weight excluding hydrogens is 518 g/mol. The second-order valence-electron chi connectivity index (χ2n) is 14.7. The number of fused-ring (bicyclic) bond motifs is 4. The molecule has 4 aliphatic rings. The Morgan fingerprint density at radius 3 is 2.37 bits per heavy atom. The van der Waals surface area contributed by atoms with Crippen LogP contribution in [-0.4, -0.2) is 53.1 Å². The summed E-state index contributed by atoms with van der Waals surface area (Å²) in [5, 5.41) is 23.7. The van der Waals surface area contributed by atoms with E-state index in [1.54, 1.807) is 0 Å². The van der Waals surface area contributed by atoms with Crippen molar-refractivity contribution in [2.24, 2.45) is 45.7 Å². The molecule has 1 saturated carbocycles. The monoisotopic (exact) mass is 571 g/mol. The highest BCUT2D eigenvalue weighted by Crippen LogP contribution is 2.67. The van der Waals surface area contributed by atoms with Gasteiger partial charge >= 0.3 is 11.9 Å². The zero-order chi connectivity index (χ0) is 30.7. The number of rotatable bonds is 8. The van der Waals surface area contributed by atoms with Gasteiger partial charge in [0.05, 0.1) is 12.6 Å². The van der Waals surface area contributed by atoms with E-state index in [1.807, 2.05) is 13.8 Å². The van der Waals surface area contributed by atoms with Crippen molar-refractivity contribution in [1.82, 2.24) is 0 Å². The SMILES string of the molecule is C=C(CC[C@@H](C)[C@H]1CC=C2C3=C([C@@H](O)[C@H](OC(C)=O)C21C)C1(C)C[C@@H](O)[C@H](OC(=O)CN)C(C)(C)[C@@H]1CC3)C(C)C. The third-order valence-electron chi connectivity index (χ3n) is 11.6. The summed E-state index contributed by atoms with van der Waals surface area (Å²) in [6.45, 7) is 20.5. The van der Waals surface area contributed by atoms with Crippen LogP contribution in [0.3, 0.4) is 0 Å². The van der Waals surface area contributed by atoms with Gasteiger partial charge in [-0.2, -0.15) is 0 Å². The second-order valence-corrected chi connectivity index (χ2v) is 14.7. The Morgan fingerprint density at radius 2 is 1.78 bits per heavy atom. The van der Waals surface area contributed by atoms with Gasteiger partial charge in [-0.15, -0.1) is 0 Å². The molecule has 7 heteroatoms. The first kappa shape index (κ1) is 32.0. The molecule has 0 spiro atoms. The van der Waals surface area contributed by atoms with E-state index in [9.17, 15) is 19.8 Å². The number of allylic oxidation sites excluding steroid dienone is 3. The van der Waals surface area contributed by atoms with E-state index in [-0.39, 0.29) is 18.4 Å². The summed E-state index contributed by atoms with van der Waals surface area (Å²) in [5.74, 6) is 0.0981. The van der Waals surface area contributed by atoms with Crippen molar-refractivity contribution in [2.75, 3.05) is 6.54 Å². The van der Waals surface area contributed by atoms with Crippen LogP contribution < -0.4 is 5.73 Å². The summed E-state index contributed by atoms with van der Waals surface area (Å²) in [7, 11) is 0. The van der Waals surface area contributed by atoms with Gasteiger partial charge in [0.1, 0.15) is 18.3 Å². The van der Waals surface area contributed by atoms with Crippen LogP contribution in [0.1, 0.15) is 93.9 Å². The Hall–Kier alpha value is -1.96. The molecule has 1 fully saturated rings. The van der Waals surface area contributed by atoms with Crippen molar-refractivity contribution in [1.29, 1.82) is 0 Å². The number of hydrogen-bond acceptors (Lipinski definition) is 7. The van der Waals surface area contributed by atoms with Crippen LogP contribution in [0, 0.1) is 39.9 Å². The van der Waals surface area contributed by atoms with E-state index in [4.69, 9.17) is 15.2 Å². The Labute approximate surface area is 246 Å². The maximum atomic E-state index is 12.5. The van der Waals surface area contributed by atoms with Crippen molar-refractivity contribution in [3.05, 3.63) is 34.9 Å². The molecule has 4 rings (SSSR count). The van der Waals surface area contributed by atoms with Crippen LogP contribution in [0.4, 0.5) is 0 Å². The fourth-order valence-electron chi connectivity index (χ4n) is 9.46. The number of carbonyl (C=O) groups excluding carboxylic acids is 2. The molecule has 0 aromatic rings. The fraction of sp³-hybridized carbons (Fsp3) is 0.765. The topological polar surface area (TPSA) is 119 Å². The Morgan fingerprint density at radius 1 is 1.12 bits per heavy atom. The largest absolute Gasteiger partial charge is 0.458 e. The minimum Gasteiger partial charge on any atom is -0.458 e. The molecule has 0 aliphatic heterocycles. The number of ether oxygens (including phenoxy) is 2. The van der Waals surface area contributed by atoms with Gasteiger partial charge in [0.25, 0.3) is 0 Å². The van der Waals surface area contributed by atoms with Gasteiger partial charge in [0, 0.05) is 17.8 Å². The molecule has 0 bridgehead atoms. The summed E-state index contributed by atoms with van der Waals surface area (Å²) in [4.78, 5) is 24.7. The minimum atomic E-state index is -0.992. The summed E-state index contributed by atoms with van der Waals surface area (Å²) in [5.41, 5.74) is 8.39. The molecule has 0 amide bonds. The van der Waals surface area contributed by atoms with Crippen LogP contribution in [0.2, 0.25) is 0 Å². The predicted molar refractivity (Wildman–Crippen MR) is 159 cm³/mol. The number of carbonyl (C=O) groups is 2. The number of esters is 2. The molecular formula is C34H53NO6. The molecule has 0 aromatic heterocycles. The average Bonchev–Trinajstić information content (AvgIpc) is 3.24. The molecule has 2 unspecified atom stereocenters. The number of aliphatic hydroxyl groups excluding tert-OH is 2. The number of nitrogens with two attached hydrogens (primary N) is 1. The quantitative estimate of drug-likeness (QED) is 0.269. The van der Waals surface area contributed by atoms with Crippen LogP contribution >= 0.6 is 0 Å². The zero-order valence-electron chi connectivity index (χ0n) is 26.5. The molecule has 0 saturated heterocycles. The Bertz CT molecular complexity index is 1140. The van der Waals surface area contributed by atoms with Crippen molar-refractivity contribution in [3.8, 4) is 0 Å². The lowest BCUT2D eigenvalue weighted by Crippen LogP contribution is -2.63. The fourth-order valence-corrected chi connectivity index (χ4v) is 9.46. The first-order chi connectivity index (χ1) is 19.0. The van der Waals surface area contributed by atoms with Gasteiger partial charge in [-0.3, -0.25) is 9.59 Å². The highest BCUT2D eigenvalue weighted by Gasteiger charge is 2.65.